The van der Waals surface area contributed by atoms with E-state index in [2.05, 4.69) is 5.32 Å². The molecule has 1 saturated heterocycles. The molecule has 0 aromatic heterocycles. The van der Waals surface area contributed by atoms with E-state index in [-0.39, 0.29) is 11.9 Å². The molecule has 0 saturated carbocycles. The Kier molecular flexibility index (Phi) is 3.85. The van der Waals surface area contributed by atoms with E-state index in [0.717, 1.165) is 18.7 Å². The van der Waals surface area contributed by atoms with Gasteiger partial charge in [-0.15, -0.1) is 0 Å². The van der Waals surface area contributed by atoms with Crippen molar-refractivity contribution in [3.63, 3.8) is 0 Å². The third-order valence-corrected chi connectivity index (χ3v) is 3.35. The Morgan fingerprint density at radius 1 is 1.61 bits per heavy atom. The fourth-order valence-corrected chi connectivity index (χ4v) is 2.35. The molecule has 1 N–H and O–H groups in total. The lowest BCUT2D eigenvalue weighted by Gasteiger charge is -2.17. The maximum absolute atomic E-state index is 12.1. The standard InChI is InChI=1S/C13H14ClN3O/c1-2-16-12-5-6-17(13(12)18)10-4-3-9(8-15)11(14)7-10/h3-4,7,12,16H,2,5-6H2,1H3. The molecular formula is C13H14ClN3O. The lowest BCUT2D eigenvalue weighted by molar-refractivity contribution is -0.118. The van der Waals surface area contributed by atoms with Crippen LogP contribution in [0.25, 0.3) is 0 Å². The summed E-state index contributed by atoms with van der Waals surface area (Å²) in [7, 11) is 0. The van der Waals surface area contributed by atoms with Crippen molar-refractivity contribution in [1.82, 2.24) is 5.32 Å². The molecule has 2 rings (SSSR count). The molecule has 94 valence electrons. The van der Waals surface area contributed by atoms with Gasteiger partial charge in [-0.2, -0.15) is 5.26 Å². The molecule has 1 heterocycles. The fourth-order valence-electron chi connectivity index (χ4n) is 2.13. The fraction of sp³-hybridized carbons (Fsp3) is 0.385. The smallest absolute Gasteiger partial charge is 0.244 e. The highest BCUT2D eigenvalue weighted by Crippen LogP contribution is 2.26. The van der Waals surface area contributed by atoms with Crippen LogP contribution < -0.4 is 10.2 Å². The number of carbonyl (C=O) groups excluding carboxylic acids is 1. The second-order valence-electron chi connectivity index (χ2n) is 4.16. The van der Waals surface area contributed by atoms with Crippen LogP contribution in [0.5, 0.6) is 0 Å². The van der Waals surface area contributed by atoms with Gasteiger partial charge in [-0.25, -0.2) is 0 Å². The number of carbonyl (C=O) groups is 1. The number of hydrogen-bond acceptors (Lipinski definition) is 3. The highest BCUT2D eigenvalue weighted by atomic mass is 35.5. The van der Waals surface area contributed by atoms with E-state index in [9.17, 15) is 4.79 Å². The summed E-state index contributed by atoms with van der Waals surface area (Å²) in [5.41, 5.74) is 1.18. The van der Waals surface area contributed by atoms with Crippen LogP contribution in [0.3, 0.4) is 0 Å². The van der Waals surface area contributed by atoms with Crippen LogP contribution in [0.2, 0.25) is 5.02 Å². The van der Waals surface area contributed by atoms with Crippen molar-refractivity contribution < 1.29 is 4.79 Å². The lowest BCUT2D eigenvalue weighted by Crippen LogP contribution is -2.38. The molecule has 0 radical (unpaired) electrons. The van der Waals surface area contributed by atoms with Crippen molar-refractivity contribution in [2.24, 2.45) is 0 Å². The first-order valence-corrected chi connectivity index (χ1v) is 6.29. The molecule has 1 aromatic carbocycles. The molecule has 1 aliphatic heterocycles. The van der Waals surface area contributed by atoms with Gasteiger partial charge >= 0.3 is 0 Å². The predicted octanol–water partition coefficient (Wildman–Crippen LogP) is 1.93. The first-order valence-electron chi connectivity index (χ1n) is 5.91. The number of anilines is 1. The van der Waals surface area contributed by atoms with Crippen LogP contribution in [-0.2, 0) is 4.79 Å². The summed E-state index contributed by atoms with van der Waals surface area (Å²) in [5.74, 6) is 0.0672. The molecular weight excluding hydrogens is 250 g/mol. The van der Waals surface area contributed by atoms with Crippen LogP contribution in [0.15, 0.2) is 18.2 Å². The third kappa shape index (κ3) is 2.33. The van der Waals surface area contributed by atoms with Crippen molar-refractivity contribution >= 4 is 23.2 Å². The molecule has 1 fully saturated rings. The van der Waals surface area contributed by atoms with Crippen LogP contribution in [0.1, 0.15) is 18.9 Å². The summed E-state index contributed by atoms with van der Waals surface area (Å²) in [6.07, 6.45) is 0.796. The predicted molar refractivity (Wildman–Crippen MR) is 70.6 cm³/mol. The number of halogens is 1. The number of nitrogens with zero attached hydrogens (tertiary/aromatic N) is 2. The van der Waals surface area contributed by atoms with Gasteiger partial charge in [0.15, 0.2) is 0 Å². The van der Waals surface area contributed by atoms with Crippen LogP contribution >= 0.6 is 11.6 Å². The summed E-state index contributed by atoms with van der Waals surface area (Å²) < 4.78 is 0. The Balaban J connectivity index is 2.21. The zero-order chi connectivity index (χ0) is 13.1. The highest BCUT2D eigenvalue weighted by molar-refractivity contribution is 6.32. The summed E-state index contributed by atoms with van der Waals surface area (Å²) >= 11 is 5.98. The van der Waals surface area contributed by atoms with Gasteiger partial charge in [-0.1, -0.05) is 18.5 Å². The van der Waals surface area contributed by atoms with Gasteiger partial charge in [0.05, 0.1) is 16.6 Å². The number of nitriles is 1. The van der Waals surface area contributed by atoms with Gasteiger partial charge in [0.2, 0.25) is 5.91 Å². The molecule has 1 aliphatic rings. The van der Waals surface area contributed by atoms with E-state index in [1.54, 1.807) is 23.1 Å². The van der Waals surface area contributed by atoms with Crippen molar-refractivity contribution in [3.8, 4) is 6.07 Å². The molecule has 0 bridgehead atoms. The van der Waals surface area contributed by atoms with Crippen molar-refractivity contribution in [1.29, 1.82) is 5.26 Å². The minimum Gasteiger partial charge on any atom is -0.311 e. The molecule has 1 aromatic rings. The van der Waals surface area contributed by atoms with E-state index in [0.29, 0.717) is 17.1 Å². The molecule has 1 amide bonds. The van der Waals surface area contributed by atoms with Gasteiger partial charge in [0, 0.05) is 12.2 Å². The van der Waals surface area contributed by atoms with Crippen molar-refractivity contribution in [3.05, 3.63) is 28.8 Å². The highest BCUT2D eigenvalue weighted by Gasteiger charge is 2.31. The van der Waals surface area contributed by atoms with Gasteiger partial charge in [0.25, 0.3) is 0 Å². The number of rotatable bonds is 3. The Hall–Kier alpha value is -1.57. The van der Waals surface area contributed by atoms with E-state index in [1.807, 2.05) is 13.0 Å². The zero-order valence-corrected chi connectivity index (χ0v) is 10.9. The Morgan fingerprint density at radius 2 is 2.39 bits per heavy atom. The van der Waals surface area contributed by atoms with Crippen LogP contribution in [0.4, 0.5) is 5.69 Å². The van der Waals surface area contributed by atoms with Gasteiger partial charge < -0.3 is 10.2 Å². The minimum absolute atomic E-state index is 0.0672. The Bertz CT molecular complexity index is 509. The number of amides is 1. The Morgan fingerprint density at radius 3 is 3.00 bits per heavy atom. The molecule has 1 atom stereocenters. The second kappa shape index (κ2) is 5.38. The third-order valence-electron chi connectivity index (χ3n) is 3.04. The largest absolute Gasteiger partial charge is 0.311 e. The van der Waals surface area contributed by atoms with Gasteiger partial charge in [-0.05, 0) is 31.2 Å². The van der Waals surface area contributed by atoms with Crippen LogP contribution in [0, 0.1) is 11.3 Å². The molecule has 5 heteroatoms. The van der Waals surface area contributed by atoms with E-state index in [1.165, 1.54) is 0 Å². The average molecular weight is 264 g/mol. The maximum atomic E-state index is 12.1. The molecule has 1 unspecified atom stereocenters. The number of likely N-dealkylation sites (N-methyl/N-ethyl adjacent to an activating group) is 1. The first-order chi connectivity index (χ1) is 8.67. The maximum Gasteiger partial charge on any atom is 0.244 e. The SMILES string of the molecule is CCNC1CCN(c2ccc(C#N)c(Cl)c2)C1=O. The van der Waals surface area contributed by atoms with E-state index >= 15 is 0 Å². The van der Waals surface area contributed by atoms with Crippen molar-refractivity contribution in [2.75, 3.05) is 18.0 Å². The topological polar surface area (TPSA) is 56.1 Å². The first kappa shape index (κ1) is 12.9. The molecule has 4 nitrogen and oxygen atoms in total. The molecule has 0 aliphatic carbocycles. The van der Waals surface area contributed by atoms with Gasteiger partial charge in [0.1, 0.15) is 6.07 Å². The van der Waals surface area contributed by atoms with E-state index in [4.69, 9.17) is 16.9 Å². The summed E-state index contributed by atoms with van der Waals surface area (Å²) in [5, 5.41) is 12.4. The summed E-state index contributed by atoms with van der Waals surface area (Å²) in [4.78, 5) is 13.8. The molecule has 18 heavy (non-hydrogen) atoms. The number of hydrogen-bond donors (Lipinski definition) is 1. The second-order valence-corrected chi connectivity index (χ2v) is 4.57. The van der Waals surface area contributed by atoms with Crippen molar-refractivity contribution in [2.45, 2.75) is 19.4 Å². The van der Waals surface area contributed by atoms with Gasteiger partial charge in [-0.3, -0.25) is 4.79 Å². The summed E-state index contributed by atoms with van der Waals surface area (Å²) in [6, 6.07) is 6.98. The van der Waals surface area contributed by atoms with E-state index < -0.39 is 0 Å². The summed E-state index contributed by atoms with van der Waals surface area (Å²) in [6.45, 7) is 3.44. The number of benzene rings is 1. The lowest BCUT2D eigenvalue weighted by atomic mass is 10.2. The zero-order valence-electron chi connectivity index (χ0n) is 10.1. The van der Waals surface area contributed by atoms with Crippen LogP contribution in [-0.4, -0.2) is 25.0 Å². The minimum atomic E-state index is -0.107. The average Bonchev–Trinajstić information content (AvgIpc) is 2.72. The quantitative estimate of drug-likeness (QED) is 0.907. The number of nitrogens with one attached hydrogen (secondary N) is 1. The Labute approximate surface area is 111 Å². The normalized spacial score (nSPS) is 19.1. The molecule has 0 spiro atoms. The monoisotopic (exact) mass is 263 g/mol.